The Morgan fingerprint density at radius 3 is 2.64 bits per heavy atom. The van der Waals surface area contributed by atoms with Crippen molar-refractivity contribution in [1.82, 2.24) is 9.78 Å². The SMILES string of the molecule is COC(=O)c1cc(NCC2CC(N)C2)ccc1NS(=O)(=O)c1cnn(-c2ccc(F)cc2)c1. The molecule has 0 spiro atoms. The number of carbonyl (C=O) groups is 1. The van der Waals surface area contributed by atoms with Crippen LogP contribution in [-0.4, -0.2) is 43.9 Å². The summed E-state index contributed by atoms with van der Waals surface area (Å²) in [6.07, 6.45) is 4.36. The number of benzene rings is 2. The summed E-state index contributed by atoms with van der Waals surface area (Å²) in [7, 11) is -2.84. The van der Waals surface area contributed by atoms with Crippen LogP contribution in [0.25, 0.3) is 5.69 Å². The van der Waals surface area contributed by atoms with Gasteiger partial charge >= 0.3 is 5.97 Å². The minimum atomic E-state index is -4.06. The Morgan fingerprint density at radius 1 is 1.24 bits per heavy atom. The van der Waals surface area contributed by atoms with Crippen molar-refractivity contribution in [3.63, 3.8) is 0 Å². The molecule has 1 fully saturated rings. The first-order valence-electron chi connectivity index (χ1n) is 10.3. The molecule has 1 aliphatic carbocycles. The normalized spacial score (nSPS) is 17.8. The van der Waals surface area contributed by atoms with Gasteiger partial charge in [-0.25, -0.2) is 22.3 Å². The third kappa shape index (κ3) is 5.15. The summed E-state index contributed by atoms with van der Waals surface area (Å²) < 4.78 is 47.6. The minimum absolute atomic E-state index is 0.0716. The smallest absolute Gasteiger partial charge is 0.340 e. The average Bonchev–Trinajstić information content (AvgIpc) is 3.28. The maximum atomic E-state index is 13.1. The second kappa shape index (κ2) is 9.20. The molecule has 33 heavy (non-hydrogen) atoms. The number of hydrogen-bond acceptors (Lipinski definition) is 7. The Bertz CT molecular complexity index is 1250. The number of nitrogens with two attached hydrogens (primary N) is 1. The van der Waals surface area contributed by atoms with Crippen LogP contribution in [0.5, 0.6) is 0 Å². The fraction of sp³-hybridized carbons (Fsp3) is 0.273. The summed E-state index contributed by atoms with van der Waals surface area (Å²) in [4.78, 5) is 12.2. The molecule has 0 unspecified atom stereocenters. The Labute approximate surface area is 190 Å². The number of nitrogens with one attached hydrogen (secondary N) is 2. The first-order valence-corrected chi connectivity index (χ1v) is 11.8. The Balaban J connectivity index is 1.54. The molecule has 2 aromatic carbocycles. The minimum Gasteiger partial charge on any atom is -0.465 e. The van der Waals surface area contributed by atoms with Crippen LogP contribution < -0.4 is 15.8 Å². The van der Waals surface area contributed by atoms with E-state index >= 15 is 0 Å². The van der Waals surface area contributed by atoms with E-state index in [-0.39, 0.29) is 22.2 Å². The summed E-state index contributed by atoms with van der Waals surface area (Å²) in [6, 6.07) is 10.4. The molecule has 1 saturated carbocycles. The van der Waals surface area contributed by atoms with Gasteiger partial charge in [0.25, 0.3) is 10.0 Å². The number of methoxy groups -OCH3 is 1. The van der Waals surface area contributed by atoms with Gasteiger partial charge in [-0.05, 0) is 61.2 Å². The van der Waals surface area contributed by atoms with E-state index in [2.05, 4.69) is 15.1 Å². The van der Waals surface area contributed by atoms with Crippen LogP contribution in [0, 0.1) is 11.7 Å². The van der Waals surface area contributed by atoms with Gasteiger partial charge in [-0.2, -0.15) is 5.10 Å². The summed E-state index contributed by atoms with van der Waals surface area (Å²) in [6.45, 7) is 0.710. The second-order valence-electron chi connectivity index (χ2n) is 7.93. The Hall–Kier alpha value is -3.44. The number of carbonyl (C=O) groups excluding carboxylic acids is 1. The number of anilines is 2. The van der Waals surface area contributed by atoms with Crippen molar-refractivity contribution in [1.29, 1.82) is 0 Å². The summed E-state index contributed by atoms with van der Waals surface area (Å²) in [5, 5.41) is 7.29. The monoisotopic (exact) mass is 473 g/mol. The van der Waals surface area contributed by atoms with E-state index in [1.807, 2.05) is 0 Å². The molecule has 1 aliphatic rings. The van der Waals surface area contributed by atoms with Crippen molar-refractivity contribution in [2.24, 2.45) is 11.7 Å². The molecule has 11 heteroatoms. The van der Waals surface area contributed by atoms with Gasteiger partial charge in [-0.15, -0.1) is 0 Å². The summed E-state index contributed by atoms with van der Waals surface area (Å²) >= 11 is 0. The molecule has 0 radical (unpaired) electrons. The molecule has 4 rings (SSSR count). The lowest BCUT2D eigenvalue weighted by molar-refractivity contribution is 0.0602. The highest BCUT2D eigenvalue weighted by atomic mass is 32.2. The highest BCUT2D eigenvalue weighted by Crippen LogP contribution is 2.28. The zero-order valence-corrected chi connectivity index (χ0v) is 18.7. The van der Waals surface area contributed by atoms with Crippen LogP contribution in [0.1, 0.15) is 23.2 Å². The van der Waals surface area contributed by atoms with E-state index < -0.39 is 21.8 Å². The number of sulfonamides is 1. The molecule has 3 aromatic rings. The van der Waals surface area contributed by atoms with Gasteiger partial charge in [0.2, 0.25) is 0 Å². The van der Waals surface area contributed by atoms with Gasteiger partial charge in [-0.3, -0.25) is 4.72 Å². The number of esters is 1. The lowest BCUT2D eigenvalue weighted by Gasteiger charge is -2.32. The van der Waals surface area contributed by atoms with Crippen molar-refractivity contribution < 1.29 is 22.3 Å². The zero-order valence-electron chi connectivity index (χ0n) is 17.9. The number of hydrogen-bond donors (Lipinski definition) is 3. The van der Waals surface area contributed by atoms with Crippen molar-refractivity contribution in [2.45, 2.75) is 23.8 Å². The number of rotatable bonds is 8. The average molecular weight is 474 g/mol. The topological polar surface area (TPSA) is 128 Å². The lowest BCUT2D eigenvalue weighted by atomic mass is 9.81. The molecule has 1 heterocycles. The maximum Gasteiger partial charge on any atom is 0.340 e. The molecular formula is C22H24FN5O4S. The van der Waals surface area contributed by atoms with Gasteiger partial charge in [-0.1, -0.05) is 0 Å². The van der Waals surface area contributed by atoms with E-state index in [0.29, 0.717) is 23.8 Å². The summed E-state index contributed by atoms with van der Waals surface area (Å²) in [5.74, 6) is -0.619. The van der Waals surface area contributed by atoms with E-state index in [1.165, 1.54) is 54.5 Å². The van der Waals surface area contributed by atoms with Crippen LogP contribution in [0.4, 0.5) is 15.8 Å². The maximum absolute atomic E-state index is 13.1. The number of ether oxygens (including phenoxy) is 1. The molecule has 0 aliphatic heterocycles. The van der Waals surface area contributed by atoms with Crippen LogP contribution in [0.15, 0.2) is 59.8 Å². The highest BCUT2D eigenvalue weighted by molar-refractivity contribution is 7.92. The van der Waals surface area contributed by atoms with Crippen LogP contribution >= 0.6 is 0 Å². The molecule has 0 amide bonds. The Kier molecular flexibility index (Phi) is 6.34. The first kappa shape index (κ1) is 22.7. The Morgan fingerprint density at radius 2 is 1.97 bits per heavy atom. The standard InChI is InChI=1S/C22H24FN5O4S/c1-32-22(29)20-10-17(25-11-14-8-16(24)9-14)4-7-21(20)27-33(30,31)19-12-26-28(13-19)18-5-2-15(23)3-6-18/h2-7,10,12-14,16,25,27H,8-9,11,24H2,1H3. The first-order chi connectivity index (χ1) is 15.7. The fourth-order valence-electron chi connectivity index (χ4n) is 3.62. The predicted molar refractivity (Wildman–Crippen MR) is 121 cm³/mol. The number of nitrogens with zero attached hydrogens (tertiary/aromatic N) is 2. The van der Waals surface area contributed by atoms with Gasteiger partial charge < -0.3 is 15.8 Å². The quantitative estimate of drug-likeness (QED) is 0.429. The van der Waals surface area contributed by atoms with Crippen molar-refractivity contribution in [2.75, 3.05) is 23.7 Å². The van der Waals surface area contributed by atoms with Crippen LogP contribution in [0.2, 0.25) is 0 Å². The third-order valence-corrected chi connectivity index (χ3v) is 6.82. The third-order valence-electron chi connectivity index (χ3n) is 5.50. The fourth-order valence-corrected chi connectivity index (χ4v) is 4.63. The predicted octanol–water partition coefficient (Wildman–Crippen LogP) is 2.75. The van der Waals surface area contributed by atoms with Crippen LogP contribution in [0.3, 0.4) is 0 Å². The van der Waals surface area contributed by atoms with Gasteiger partial charge in [0.1, 0.15) is 10.7 Å². The largest absolute Gasteiger partial charge is 0.465 e. The molecule has 1 aromatic heterocycles. The van der Waals surface area contributed by atoms with Crippen molar-refractivity contribution in [3.8, 4) is 5.69 Å². The second-order valence-corrected chi connectivity index (χ2v) is 9.62. The van der Waals surface area contributed by atoms with Crippen molar-refractivity contribution in [3.05, 3.63) is 66.2 Å². The van der Waals surface area contributed by atoms with E-state index in [1.54, 1.807) is 12.1 Å². The molecule has 0 atom stereocenters. The molecule has 9 nitrogen and oxygen atoms in total. The molecular weight excluding hydrogens is 449 g/mol. The zero-order chi connectivity index (χ0) is 23.6. The van der Waals surface area contributed by atoms with Gasteiger partial charge in [0, 0.05) is 18.3 Å². The van der Waals surface area contributed by atoms with E-state index in [0.717, 1.165) is 12.8 Å². The van der Waals surface area contributed by atoms with Crippen LogP contribution in [-0.2, 0) is 14.8 Å². The van der Waals surface area contributed by atoms with Gasteiger partial charge in [0.15, 0.2) is 0 Å². The van der Waals surface area contributed by atoms with Crippen molar-refractivity contribution >= 4 is 27.4 Å². The van der Waals surface area contributed by atoms with E-state index in [4.69, 9.17) is 10.5 Å². The lowest BCUT2D eigenvalue weighted by Crippen LogP contribution is -2.39. The number of aromatic nitrogens is 2. The number of halogens is 1. The summed E-state index contributed by atoms with van der Waals surface area (Å²) in [5.41, 5.74) is 7.13. The highest BCUT2D eigenvalue weighted by Gasteiger charge is 2.26. The molecule has 0 bridgehead atoms. The molecule has 0 saturated heterocycles. The van der Waals surface area contributed by atoms with E-state index in [9.17, 15) is 17.6 Å². The molecule has 174 valence electrons. The van der Waals surface area contributed by atoms with Gasteiger partial charge in [0.05, 0.1) is 36.4 Å². The molecule has 4 N–H and O–H groups in total.